The fraction of sp³-hybridized carbons (Fsp3) is 1.00. The van der Waals surface area contributed by atoms with E-state index in [9.17, 15) is 0 Å². The fourth-order valence-corrected chi connectivity index (χ4v) is 3.04. The highest BCUT2D eigenvalue weighted by Crippen LogP contribution is 2.33. The topological polar surface area (TPSA) is 21.3 Å². The van der Waals surface area contributed by atoms with Crippen molar-refractivity contribution in [3.05, 3.63) is 0 Å². The summed E-state index contributed by atoms with van der Waals surface area (Å²) in [6, 6.07) is 0.736. The van der Waals surface area contributed by atoms with Gasteiger partial charge in [0.25, 0.3) is 0 Å². The molecule has 3 atom stereocenters. The largest absolute Gasteiger partial charge is 0.382 e. The Kier molecular flexibility index (Phi) is 7.14. The fourth-order valence-electron chi connectivity index (χ4n) is 3.04. The van der Waals surface area contributed by atoms with Gasteiger partial charge in [-0.3, -0.25) is 0 Å². The van der Waals surface area contributed by atoms with Gasteiger partial charge < -0.3 is 10.1 Å². The van der Waals surface area contributed by atoms with Gasteiger partial charge in [-0.2, -0.15) is 0 Å². The summed E-state index contributed by atoms with van der Waals surface area (Å²) in [6.45, 7) is 12.1. The molecule has 0 aromatic heterocycles. The molecule has 1 aliphatic carbocycles. The molecule has 0 aromatic rings. The predicted molar refractivity (Wildman–Crippen MR) is 74.2 cm³/mol. The smallest absolute Gasteiger partial charge is 0.0477 e. The van der Waals surface area contributed by atoms with Crippen LogP contribution in [0.15, 0.2) is 0 Å². The van der Waals surface area contributed by atoms with E-state index >= 15 is 0 Å². The van der Waals surface area contributed by atoms with Crippen LogP contribution in [0, 0.1) is 17.8 Å². The first-order chi connectivity index (χ1) is 8.15. The molecule has 1 aliphatic rings. The Morgan fingerprint density at radius 1 is 1.29 bits per heavy atom. The van der Waals surface area contributed by atoms with Gasteiger partial charge in [0.1, 0.15) is 0 Å². The summed E-state index contributed by atoms with van der Waals surface area (Å²) >= 11 is 0. The highest BCUT2D eigenvalue weighted by atomic mass is 16.5. The van der Waals surface area contributed by atoms with Crippen molar-refractivity contribution < 1.29 is 4.74 Å². The molecule has 0 aromatic carbocycles. The van der Waals surface area contributed by atoms with Crippen LogP contribution in [0.2, 0.25) is 0 Å². The van der Waals surface area contributed by atoms with E-state index in [1.807, 2.05) is 0 Å². The Balaban J connectivity index is 2.26. The Morgan fingerprint density at radius 3 is 2.71 bits per heavy atom. The Hall–Kier alpha value is -0.0800. The third-order valence-corrected chi connectivity index (χ3v) is 4.10. The van der Waals surface area contributed by atoms with Crippen molar-refractivity contribution in [3.63, 3.8) is 0 Å². The average molecular weight is 241 g/mol. The summed E-state index contributed by atoms with van der Waals surface area (Å²) in [6.07, 6.45) is 5.32. The van der Waals surface area contributed by atoms with Crippen LogP contribution in [0.4, 0.5) is 0 Å². The molecule has 0 amide bonds. The highest BCUT2D eigenvalue weighted by molar-refractivity contribution is 4.85. The maximum Gasteiger partial charge on any atom is 0.0477 e. The third-order valence-electron chi connectivity index (χ3n) is 4.10. The zero-order valence-corrected chi connectivity index (χ0v) is 12.2. The zero-order chi connectivity index (χ0) is 12.7. The molecule has 1 rings (SSSR count). The van der Waals surface area contributed by atoms with Gasteiger partial charge in [0.15, 0.2) is 0 Å². The maximum atomic E-state index is 5.38. The molecule has 0 saturated heterocycles. The van der Waals surface area contributed by atoms with Crippen LogP contribution >= 0.6 is 0 Å². The summed E-state index contributed by atoms with van der Waals surface area (Å²) in [5.74, 6) is 2.58. The predicted octanol–water partition coefficient (Wildman–Crippen LogP) is 3.46. The molecule has 2 heteroatoms. The Labute approximate surface area is 108 Å². The molecule has 0 aliphatic heterocycles. The molecule has 102 valence electrons. The molecule has 0 radical (unpaired) electrons. The molecular weight excluding hydrogens is 210 g/mol. The van der Waals surface area contributed by atoms with Crippen molar-refractivity contribution in [2.24, 2.45) is 17.8 Å². The normalized spacial score (nSPS) is 29.8. The number of hydrogen-bond acceptors (Lipinski definition) is 2. The van der Waals surface area contributed by atoms with E-state index in [2.05, 4.69) is 33.0 Å². The summed E-state index contributed by atoms with van der Waals surface area (Å²) in [4.78, 5) is 0. The van der Waals surface area contributed by atoms with Gasteiger partial charge in [0.05, 0.1) is 0 Å². The number of rotatable bonds is 7. The standard InChI is InChI=1S/C15H31NO/c1-5-17-10-6-9-16-15-11-13(4)7-8-14(15)12(2)3/h12-16H,5-11H2,1-4H3. The Bertz CT molecular complexity index is 193. The number of hydrogen-bond donors (Lipinski definition) is 1. The molecule has 1 fully saturated rings. The van der Waals surface area contributed by atoms with Crippen LogP contribution in [-0.2, 0) is 4.74 Å². The summed E-state index contributed by atoms with van der Waals surface area (Å²) < 4.78 is 5.38. The molecule has 2 nitrogen and oxygen atoms in total. The van der Waals surface area contributed by atoms with Gasteiger partial charge >= 0.3 is 0 Å². The van der Waals surface area contributed by atoms with E-state index in [1.165, 1.54) is 19.3 Å². The first-order valence-electron chi connectivity index (χ1n) is 7.46. The lowest BCUT2D eigenvalue weighted by Gasteiger charge is -2.38. The molecule has 1 saturated carbocycles. The SMILES string of the molecule is CCOCCCNC1CC(C)CCC1C(C)C. The lowest BCUT2D eigenvalue weighted by molar-refractivity contribution is 0.135. The minimum Gasteiger partial charge on any atom is -0.382 e. The van der Waals surface area contributed by atoms with E-state index in [4.69, 9.17) is 4.74 Å². The van der Waals surface area contributed by atoms with E-state index in [0.29, 0.717) is 0 Å². The van der Waals surface area contributed by atoms with Crippen LogP contribution in [0.3, 0.4) is 0 Å². The van der Waals surface area contributed by atoms with Gasteiger partial charge in [0.2, 0.25) is 0 Å². The minimum atomic E-state index is 0.736. The monoisotopic (exact) mass is 241 g/mol. The van der Waals surface area contributed by atoms with Crippen molar-refractivity contribution in [2.45, 2.75) is 59.4 Å². The third kappa shape index (κ3) is 5.39. The summed E-state index contributed by atoms with van der Waals surface area (Å²) in [7, 11) is 0. The lowest BCUT2D eigenvalue weighted by atomic mass is 9.74. The molecule has 0 spiro atoms. The highest BCUT2D eigenvalue weighted by Gasteiger charge is 2.29. The second-order valence-electron chi connectivity index (χ2n) is 5.94. The molecule has 1 N–H and O–H groups in total. The molecule has 17 heavy (non-hydrogen) atoms. The van der Waals surface area contributed by atoms with Gasteiger partial charge in [0, 0.05) is 19.3 Å². The Morgan fingerprint density at radius 2 is 2.06 bits per heavy atom. The molecule has 0 heterocycles. The van der Waals surface area contributed by atoms with Crippen LogP contribution in [0.25, 0.3) is 0 Å². The second kappa shape index (κ2) is 8.10. The molecule has 0 bridgehead atoms. The lowest BCUT2D eigenvalue weighted by Crippen LogP contribution is -2.43. The van der Waals surface area contributed by atoms with E-state index in [0.717, 1.165) is 50.0 Å². The average Bonchev–Trinajstić information content (AvgIpc) is 2.28. The van der Waals surface area contributed by atoms with Crippen LogP contribution < -0.4 is 5.32 Å². The zero-order valence-electron chi connectivity index (χ0n) is 12.2. The van der Waals surface area contributed by atoms with E-state index in [-0.39, 0.29) is 0 Å². The van der Waals surface area contributed by atoms with E-state index < -0.39 is 0 Å². The van der Waals surface area contributed by atoms with Crippen LogP contribution in [0.5, 0.6) is 0 Å². The van der Waals surface area contributed by atoms with Crippen molar-refractivity contribution in [3.8, 4) is 0 Å². The van der Waals surface area contributed by atoms with Crippen molar-refractivity contribution >= 4 is 0 Å². The van der Waals surface area contributed by atoms with Gasteiger partial charge in [-0.15, -0.1) is 0 Å². The van der Waals surface area contributed by atoms with Crippen molar-refractivity contribution in [1.82, 2.24) is 5.32 Å². The van der Waals surface area contributed by atoms with Crippen molar-refractivity contribution in [2.75, 3.05) is 19.8 Å². The van der Waals surface area contributed by atoms with Gasteiger partial charge in [-0.1, -0.05) is 27.2 Å². The van der Waals surface area contributed by atoms with E-state index in [1.54, 1.807) is 0 Å². The molecular formula is C15H31NO. The van der Waals surface area contributed by atoms with Crippen molar-refractivity contribution in [1.29, 1.82) is 0 Å². The number of ether oxygens (including phenoxy) is 1. The van der Waals surface area contributed by atoms with Crippen LogP contribution in [-0.4, -0.2) is 25.8 Å². The maximum absolute atomic E-state index is 5.38. The summed E-state index contributed by atoms with van der Waals surface area (Å²) in [5.41, 5.74) is 0. The van der Waals surface area contributed by atoms with Crippen LogP contribution in [0.1, 0.15) is 53.4 Å². The van der Waals surface area contributed by atoms with Gasteiger partial charge in [-0.05, 0) is 50.5 Å². The first kappa shape index (κ1) is 15.0. The first-order valence-corrected chi connectivity index (χ1v) is 7.46. The molecule has 3 unspecified atom stereocenters. The number of nitrogens with one attached hydrogen (secondary N) is 1. The quantitative estimate of drug-likeness (QED) is 0.689. The second-order valence-corrected chi connectivity index (χ2v) is 5.94. The summed E-state index contributed by atoms with van der Waals surface area (Å²) in [5, 5.41) is 3.76. The minimum absolute atomic E-state index is 0.736. The van der Waals surface area contributed by atoms with Gasteiger partial charge in [-0.25, -0.2) is 0 Å².